The number of alkyl halides is 2. The molecule has 0 bridgehead atoms. The number of hydrogen-bond acceptors (Lipinski definition) is 3. The van der Waals surface area contributed by atoms with Crippen LogP contribution < -0.4 is 15.4 Å². The highest BCUT2D eigenvalue weighted by Crippen LogP contribution is 2.24. The van der Waals surface area contributed by atoms with Gasteiger partial charge in [-0.25, -0.2) is 0 Å². The van der Waals surface area contributed by atoms with Gasteiger partial charge >= 0.3 is 6.61 Å². The lowest BCUT2D eigenvalue weighted by molar-refractivity contribution is -0.116. The first-order valence-corrected chi connectivity index (χ1v) is 6.03. The van der Waals surface area contributed by atoms with Crippen LogP contribution in [0.5, 0.6) is 5.75 Å². The van der Waals surface area contributed by atoms with Crippen LogP contribution in [0, 0.1) is 6.92 Å². The van der Waals surface area contributed by atoms with Crippen molar-refractivity contribution in [3.05, 3.63) is 23.8 Å². The Bertz CT molecular complexity index is 431. The van der Waals surface area contributed by atoms with Crippen LogP contribution in [0.15, 0.2) is 18.2 Å². The van der Waals surface area contributed by atoms with Crippen LogP contribution in [0.25, 0.3) is 0 Å². The van der Waals surface area contributed by atoms with E-state index in [1.807, 2.05) is 7.05 Å². The molecule has 7 heteroatoms. The second-order valence-corrected chi connectivity index (χ2v) is 4.11. The molecule has 0 fully saturated rings. The number of hydrogen-bond donors (Lipinski definition) is 2. The number of rotatable bonds is 7. The van der Waals surface area contributed by atoms with E-state index in [2.05, 4.69) is 15.4 Å². The van der Waals surface area contributed by atoms with Gasteiger partial charge in [0.15, 0.2) is 0 Å². The van der Waals surface area contributed by atoms with Crippen molar-refractivity contribution in [2.75, 3.05) is 18.9 Å². The Hall–Kier alpha value is -1.40. The highest BCUT2D eigenvalue weighted by atomic mass is 35.5. The van der Waals surface area contributed by atoms with E-state index >= 15 is 0 Å². The summed E-state index contributed by atoms with van der Waals surface area (Å²) < 4.78 is 28.7. The lowest BCUT2D eigenvalue weighted by atomic mass is 10.2. The number of benzene rings is 1. The maximum Gasteiger partial charge on any atom is 0.387 e. The summed E-state index contributed by atoms with van der Waals surface area (Å²) in [4.78, 5) is 11.6. The van der Waals surface area contributed by atoms with E-state index in [0.29, 0.717) is 24.1 Å². The molecule has 1 aromatic carbocycles. The highest BCUT2D eigenvalue weighted by molar-refractivity contribution is 5.90. The average molecular weight is 309 g/mol. The Morgan fingerprint density at radius 3 is 2.70 bits per heavy atom. The topological polar surface area (TPSA) is 50.4 Å². The van der Waals surface area contributed by atoms with Gasteiger partial charge in [-0.1, -0.05) is 6.07 Å². The Morgan fingerprint density at radius 2 is 2.10 bits per heavy atom. The largest absolute Gasteiger partial charge is 0.434 e. The van der Waals surface area contributed by atoms with Crippen molar-refractivity contribution in [2.45, 2.75) is 26.4 Å². The minimum atomic E-state index is -2.87. The van der Waals surface area contributed by atoms with E-state index in [1.54, 1.807) is 19.1 Å². The van der Waals surface area contributed by atoms with Crippen molar-refractivity contribution < 1.29 is 18.3 Å². The number of ether oxygens (including phenoxy) is 1. The van der Waals surface area contributed by atoms with Gasteiger partial charge in [0.1, 0.15) is 5.75 Å². The summed E-state index contributed by atoms with van der Waals surface area (Å²) in [7, 11) is 1.81. The number of anilines is 1. The number of halogens is 3. The second-order valence-electron chi connectivity index (χ2n) is 4.11. The number of nitrogens with one attached hydrogen (secondary N) is 2. The molecule has 0 aromatic heterocycles. The third-order valence-corrected chi connectivity index (χ3v) is 2.52. The molecule has 0 spiro atoms. The number of aryl methyl sites for hydroxylation is 1. The minimum Gasteiger partial charge on any atom is -0.434 e. The highest BCUT2D eigenvalue weighted by Gasteiger charge is 2.09. The van der Waals surface area contributed by atoms with E-state index in [9.17, 15) is 13.6 Å². The Kier molecular flexibility index (Phi) is 8.83. The molecule has 20 heavy (non-hydrogen) atoms. The first-order chi connectivity index (χ1) is 9.02. The van der Waals surface area contributed by atoms with Gasteiger partial charge in [-0.3, -0.25) is 4.79 Å². The van der Waals surface area contributed by atoms with Crippen LogP contribution >= 0.6 is 12.4 Å². The van der Waals surface area contributed by atoms with Crippen molar-refractivity contribution in [1.82, 2.24) is 5.32 Å². The van der Waals surface area contributed by atoms with Crippen molar-refractivity contribution in [2.24, 2.45) is 0 Å². The van der Waals surface area contributed by atoms with E-state index in [-0.39, 0.29) is 24.1 Å². The van der Waals surface area contributed by atoms with Gasteiger partial charge in [0.2, 0.25) is 5.91 Å². The van der Waals surface area contributed by atoms with E-state index in [4.69, 9.17) is 0 Å². The zero-order chi connectivity index (χ0) is 14.3. The molecule has 0 aliphatic rings. The fourth-order valence-electron chi connectivity index (χ4n) is 1.55. The van der Waals surface area contributed by atoms with Crippen molar-refractivity contribution in [1.29, 1.82) is 0 Å². The van der Waals surface area contributed by atoms with Gasteiger partial charge in [-0.2, -0.15) is 8.78 Å². The smallest absolute Gasteiger partial charge is 0.387 e. The Balaban J connectivity index is 0.00000361. The fourth-order valence-corrected chi connectivity index (χ4v) is 1.55. The van der Waals surface area contributed by atoms with Gasteiger partial charge in [0.05, 0.1) is 0 Å². The van der Waals surface area contributed by atoms with Crippen LogP contribution in [-0.4, -0.2) is 26.1 Å². The van der Waals surface area contributed by atoms with Crippen LogP contribution in [0.2, 0.25) is 0 Å². The standard InChI is InChI=1S/C13H18F2N2O2.ClH/c1-9-5-6-10(8-11(9)19-13(14)15)17-12(18)4-3-7-16-2;/h5-6,8,13,16H,3-4,7H2,1-2H3,(H,17,18);1H. The molecule has 0 saturated heterocycles. The summed E-state index contributed by atoms with van der Waals surface area (Å²) in [5, 5.41) is 5.59. The third-order valence-electron chi connectivity index (χ3n) is 2.52. The second kappa shape index (κ2) is 9.50. The number of carbonyl (C=O) groups is 1. The lowest BCUT2D eigenvalue weighted by Gasteiger charge is -2.11. The molecule has 1 rings (SSSR count). The normalized spacial score (nSPS) is 10.1. The summed E-state index contributed by atoms with van der Waals surface area (Å²) in [6, 6.07) is 4.68. The summed E-state index contributed by atoms with van der Waals surface area (Å²) >= 11 is 0. The Morgan fingerprint density at radius 1 is 1.40 bits per heavy atom. The molecular weight excluding hydrogens is 290 g/mol. The molecular formula is C13H19ClF2N2O2. The fraction of sp³-hybridized carbons (Fsp3) is 0.462. The van der Waals surface area contributed by atoms with Gasteiger partial charge in [-0.05, 0) is 38.6 Å². The maximum absolute atomic E-state index is 12.2. The summed E-state index contributed by atoms with van der Waals surface area (Å²) in [5.74, 6) is -0.0786. The SMILES string of the molecule is CNCCCC(=O)Nc1ccc(C)c(OC(F)F)c1.Cl. The predicted molar refractivity (Wildman–Crippen MR) is 76.8 cm³/mol. The molecule has 1 amide bonds. The molecule has 0 aliphatic carbocycles. The number of carbonyl (C=O) groups excluding carboxylic acids is 1. The van der Waals surface area contributed by atoms with Crippen molar-refractivity contribution in [3.63, 3.8) is 0 Å². The molecule has 2 N–H and O–H groups in total. The van der Waals surface area contributed by atoms with Gasteiger partial charge in [0.25, 0.3) is 0 Å². The van der Waals surface area contributed by atoms with Gasteiger partial charge in [0, 0.05) is 18.2 Å². The van der Waals surface area contributed by atoms with E-state index in [0.717, 1.165) is 6.54 Å². The summed E-state index contributed by atoms with van der Waals surface area (Å²) in [6.07, 6.45) is 1.09. The van der Waals surface area contributed by atoms with Gasteiger partial charge < -0.3 is 15.4 Å². The lowest BCUT2D eigenvalue weighted by Crippen LogP contribution is -2.15. The molecule has 1 aromatic rings. The average Bonchev–Trinajstić information content (AvgIpc) is 2.33. The quantitative estimate of drug-likeness (QED) is 0.761. The monoisotopic (exact) mass is 308 g/mol. The maximum atomic E-state index is 12.2. The van der Waals surface area contributed by atoms with Crippen LogP contribution in [-0.2, 0) is 4.79 Å². The van der Waals surface area contributed by atoms with Gasteiger partial charge in [-0.15, -0.1) is 12.4 Å². The molecule has 0 heterocycles. The van der Waals surface area contributed by atoms with E-state index < -0.39 is 6.61 Å². The summed E-state index contributed by atoms with van der Waals surface area (Å²) in [6.45, 7) is -0.461. The Labute approximate surface area is 123 Å². The first kappa shape index (κ1) is 18.6. The molecule has 0 unspecified atom stereocenters. The number of amides is 1. The predicted octanol–water partition coefficient (Wildman–Crippen LogP) is 2.96. The van der Waals surface area contributed by atoms with Crippen molar-refractivity contribution in [3.8, 4) is 5.75 Å². The molecule has 4 nitrogen and oxygen atoms in total. The zero-order valence-corrected chi connectivity index (χ0v) is 12.2. The van der Waals surface area contributed by atoms with Crippen LogP contribution in [0.1, 0.15) is 18.4 Å². The first-order valence-electron chi connectivity index (χ1n) is 6.03. The minimum absolute atomic E-state index is 0. The van der Waals surface area contributed by atoms with Crippen molar-refractivity contribution >= 4 is 24.0 Å². The molecule has 0 saturated carbocycles. The van der Waals surface area contributed by atoms with Crippen LogP contribution in [0.3, 0.4) is 0 Å². The third kappa shape index (κ3) is 6.68. The molecule has 0 aliphatic heterocycles. The molecule has 114 valence electrons. The van der Waals surface area contributed by atoms with E-state index in [1.165, 1.54) is 6.07 Å². The zero-order valence-electron chi connectivity index (χ0n) is 11.4. The summed E-state index contributed by atoms with van der Waals surface area (Å²) in [5.41, 5.74) is 1.05. The molecule has 0 atom stereocenters. The molecule has 0 radical (unpaired) electrons. The van der Waals surface area contributed by atoms with Crippen LogP contribution in [0.4, 0.5) is 14.5 Å².